The third kappa shape index (κ3) is 3.61. The van der Waals surface area contributed by atoms with Crippen LogP contribution in [0.25, 0.3) is 0 Å². The topological polar surface area (TPSA) is 72.7 Å². The molecule has 0 N–H and O–H groups in total. The van der Waals surface area contributed by atoms with Gasteiger partial charge in [0.2, 0.25) is 0 Å². The molecule has 1 aliphatic rings. The summed E-state index contributed by atoms with van der Waals surface area (Å²) in [5, 5.41) is 10.7. The highest BCUT2D eigenvalue weighted by Crippen LogP contribution is 2.15. The van der Waals surface area contributed by atoms with Gasteiger partial charge in [-0.15, -0.1) is 0 Å². The number of ketones is 1. The highest BCUT2D eigenvalue weighted by molar-refractivity contribution is 5.98. The highest BCUT2D eigenvalue weighted by atomic mass is 16.6. The van der Waals surface area contributed by atoms with Gasteiger partial charge < -0.3 is 4.74 Å². The van der Waals surface area contributed by atoms with E-state index in [2.05, 4.69) is 0 Å². The summed E-state index contributed by atoms with van der Waals surface area (Å²) in [6.07, 6.45) is 0.188. The molecule has 0 radical (unpaired) electrons. The normalized spacial score (nSPS) is 23.5. The molecule has 1 heterocycles. The summed E-state index contributed by atoms with van der Waals surface area (Å²) in [5.74, 6) is -0.102. The van der Waals surface area contributed by atoms with Crippen molar-refractivity contribution in [2.45, 2.75) is 26.1 Å². The Bertz CT molecular complexity index is 508. The first-order valence-corrected chi connectivity index (χ1v) is 6.61. The third-order valence-corrected chi connectivity index (χ3v) is 3.24. The van der Waals surface area contributed by atoms with Gasteiger partial charge in [0.05, 0.1) is 23.7 Å². The molecule has 1 aromatic carbocycles. The lowest BCUT2D eigenvalue weighted by Gasteiger charge is -2.34. The molecule has 0 spiro atoms. The van der Waals surface area contributed by atoms with Crippen molar-refractivity contribution in [1.29, 1.82) is 0 Å². The highest BCUT2D eigenvalue weighted by Gasteiger charge is 2.24. The van der Waals surface area contributed by atoms with Gasteiger partial charge in [-0.2, -0.15) is 0 Å². The summed E-state index contributed by atoms with van der Waals surface area (Å²) in [6, 6.07) is 5.86. The predicted molar refractivity (Wildman–Crippen MR) is 73.9 cm³/mol. The molecular weight excluding hydrogens is 260 g/mol. The molecule has 6 nitrogen and oxygen atoms in total. The van der Waals surface area contributed by atoms with Gasteiger partial charge in [0, 0.05) is 30.8 Å². The van der Waals surface area contributed by atoms with Crippen molar-refractivity contribution in [1.82, 2.24) is 4.90 Å². The van der Waals surface area contributed by atoms with Gasteiger partial charge in [-0.25, -0.2) is 0 Å². The second-order valence-electron chi connectivity index (χ2n) is 5.18. The molecular formula is C14H18N2O4. The summed E-state index contributed by atoms with van der Waals surface area (Å²) in [5.41, 5.74) is 0.325. The SMILES string of the molecule is C[C@@H]1CN(CC(=O)c2cccc([N+](=O)[O-])c2)C[C@H](C)O1. The van der Waals surface area contributed by atoms with Crippen LogP contribution in [0.5, 0.6) is 0 Å². The quantitative estimate of drug-likeness (QED) is 0.477. The van der Waals surface area contributed by atoms with Crippen molar-refractivity contribution in [3.05, 3.63) is 39.9 Å². The molecule has 0 amide bonds. The second kappa shape index (κ2) is 6.11. The fraction of sp³-hybridized carbons (Fsp3) is 0.500. The summed E-state index contributed by atoms with van der Waals surface area (Å²) in [4.78, 5) is 24.5. The lowest BCUT2D eigenvalue weighted by molar-refractivity contribution is -0.384. The fourth-order valence-electron chi connectivity index (χ4n) is 2.50. The first-order valence-electron chi connectivity index (χ1n) is 6.61. The number of nitrogens with zero attached hydrogens (tertiary/aromatic N) is 2. The van der Waals surface area contributed by atoms with Crippen LogP contribution in [0.1, 0.15) is 24.2 Å². The largest absolute Gasteiger partial charge is 0.373 e. The van der Waals surface area contributed by atoms with E-state index in [1.54, 1.807) is 6.07 Å². The Balaban J connectivity index is 2.04. The van der Waals surface area contributed by atoms with Gasteiger partial charge in [-0.05, 0) is 13.8 Å². The maximum atomic E-state index is 12.2. The number of morpholine rings is 1. The summed E-state index contributed by atoms with van der Waals surface area (Å²) in [7, 11) is 0. The van der Waals surface area contributed by atoms with E-state index < -0.39 is 4.92 Å². The van der Waals surface area contributed by atoms with Crippen molar-refractivity contribution < 1.29 is 14.5 Å². The molecule has 108 valence electrons. The van der Waals surface area contributed by atoms with Crippen molar-refractivity contribution in [2.24, 2.45) is 0 Å². The van der Waals surface area contributed by atoms with Crippen molar-refractivity contribution in [3.8, 4) is 0 Å². The lowest BCUT2D eigenvalue weighted by atomic mass is 10.1. The van der Waals surface area contributed by atoms with Crippen molar-refractivity contribution in [3.63, 3.8) is 0 Å². The van der Waals surface area contributed by atoms with Crippen LogP contribution in [-0.4, -0.2) is 47.4 Å². The van der Waals surface area contributed by atoms with Crippen LogP contribution in [0.3, 0.4) is 0 Å². The molecule has 0 saturated carbocycles. The molecule has 0 aliphatic carbocycles. The number of nitro benzene ring substituents is 1. The maximum Gasteiger partial charge on any atom is 0.270 e. The van der Waals surface area contributed by atoms with Crippen LogP contribution < -0.4 is 0 Å². The van der Waals surface area contributed by atoms with E-state index >= 15 is 0 Å². The lowest BCUT2D eigenvalue weighted by Crippen LogP contribution is -2.47. The number of benzene rings is 1. The van der Waals surface area contributed by atoms with E-state index in [0.29, 0.717) is 18.7 Å². The zero-order valence-corrected chi connectivity index (χ0v) is 11.6. The Hall–Kier alpha value is -1.79. The Morgan fingerprint density at radius 3 is 2.65 bits per heavy atom. The molecule has 0 unspecified atom stereocenters. The maximum absolute atomic E-state index is 12.2. The molecule has 6 heteroatoms. The van der Waals surface area contributed by atoms with Gasteiger partial charge in [-0.1, -0.05) is 12.1 Å². The molecule has 1 aliphatic heterocycles. The van der Waals surface area contributed by atoms with Crippen LogP contribution in [0.15, 0.2) is 24.3 Å². The predicted octanol–water partition coefficient (Wildman–Crippen LogP) is 1.89. The van der Waals surface area contributed by atoms with Crippen LogP contribution in [-0.2, 0) is 4.74 Å². The van der Waals surface area contributed by atoms with E-state index in [1.807, 2.05) is 18.7 Å². The molecule has 1 aromatic rings. The molecule has 1 fully saturated rings. The standard InChI is InChI=1S/C14H18N2O4/c1-10-7-15(8-11(2)20-10)9-14(17)12-4-3-5-13(6-12)16(18)19/h3-6,10-11H,7-9H2,1-2H3/t10-,11+. The first-order chi connectivity index (χ1) is 9.45. The minimum atomic E-state index is -0.490. The molecule has 0 aromatic heterocycles. The van der Waals surface area contributed by atoms with Crippen LogP contribution >= 0.6 is 0 Å². The molecule has 2 rings (SSSR count). The number of rotatable bonds is 4. The van der Waals surface area contributed by atoms with E-state index in [1.165, 1.54) is 18.2 Å². The van der Waals surface area contributed by atoms with Crippen LogP contribution in [0.2, 0.25) is 0 Å². The number of ether oxygens (including phenoxy) is 1. The fourth-order valence-corrected chi connectivity index (χ4v) is 2.50. The number of non-ortho nitro benzene ring substituents is 1. The van der Waals surface area contributed by atoms with E-state index in [9.17, 15) is 14.9 Å². The van der Waals surface area contributed by atoms with Gasteiger partial charge in [0.15, 0.2) is 5.78 Å². The monoisotopic (exact) mass is 278 g/mol. The third-order valence-electron chi connectivity index (χ3n) is 3.24. The number of nitro groups is 1. The Kier molecular flexibility index (Phi) is 4.46. The molecule has 1 saturated heterocycles. The van der Waals surface area contributed by atoms with Crippen molar-refractivity contribution in [2.75, 3.05) is 19.6 Å². The zero-order chi connectivity index (χ0) is 14.7. The smallest absolute Gasteiger partial charge is 0.270 e. The average molecular weight is 278 g/mol. The Labute approximate surface area is 117 Å². The van der Waals surface area contributed by atoms with Gasteiger partial charge in [-0.3, -0.25) is 19.8 Å². The summed E-state index contributed by atoms with van der Waals surface area (Å²) in [6.45, 7) is 5.61. The van der Waals surface area contributed by atoms with Crippen molar-refractivity contribution >= 4 is 11.5 Å². The minimum absolute atomic E-state index is 0.0560. The zero-order valence-electron chi connectivity index (χ0n) is 11.6. The number of carbonyl (C=O) groups is 1. The number of Topliss-reactive ketones (excluding diaryl/α,β-unsaturated/α-hetero) is 1. The second-order valence-corrected chi connectivity index (χ2v) is 5.18. The van der Waals surface area contributed by atoms with E-state index in [0.717, 1.165) is 0 Å². The summed E-state index contributed by atoms with van der Waals surface area (Å²) >= 11 is 0. The molecule has 0 bridgehead atoms. The summed E-state index contributed by atoms with van der Waals surface area (Å²) < 4.78 is 5.61. The Morgan fingerprint density at radius 2 is 2.05 bits per heavy atom. The van der Waals surface area contributed by atoms with Gasteiger partial charge >= 0.3 is 0 Å². The first kappa shape index (κ1) is 14.6. The van der Waals surface area contributed by atoms with Gasteiger partial charge in [0.1, 0.15) is 0 Å². The van der Waals surface area contributed by atoms with Crippen LogP contribution in [0.4, 0.5) is 5.69 Å². The molecule has 20 heavy (non-hydrogen) atoms. The Morgan fingerprint density at radius 1 is 1.40 bits per heavy atom. The molecule has 2 atom stereocenters. The van der Waals surface area contributed by atoms with E-state index in [-0.39, 0.29) is 30.2 Å². The number of hydrogen-bond acceptors (Lipinski definition) is 5. The number of hydrogen-bond donors (Lipinski definition) is 0. The number of carbonyl (C=O) groups excluding carboxylic acids is 1. The van der Waals surface area contributed by atoms with Crippen LogP contribution in [0, 0.1) is 10.1 Å². The van der Waals surface area contributed by atoms with E-state index in [4.69, 9.17) is 4.74 Å². The minimum Gasteiger partial charge on any atom is -0.373 e. The average Bonchev–Trinajstić information content (AvgIpc) is 2.37. The van der Waals surface area contributed by atoms with Gasteiger partial charge in [0.25, 0.3) is 5.69 Å².